The first-order valence-electron chi connectivity index (χ1n) is 8.26. The van der Waals surface area contributed by atoms with Gasteiger partial charge >= 0.3 is 0 Å². The molecule has 0 saturated carbocycles. The van der Waals surface area contributed by atoms with Gasteiger partial charge in [0.25, 0.3) is 0 Å². The van der Waals surface area contributed by atoms with Gasteiger partial charge in [-0.05, 0) is 63.8 Å². The lowest BCUT2D eigenvalue weighted by atomic mass is 9.76. The van der Waals surface area contributed by atoms with Gasteiger partial charge in [-0.1, -0.05) is 29.3 Å². The number of benzene rings is 1. The average Bonchev–Trinajstić information content (AvgIpc) is 2.71. The quantitative estimate of drug-likeness (QED) is 0.765. The van der Waals surface area contributed by atoms with Gasteiger partial charge in [-0.15, -0.1) is 0 Å². The number of piperidine rings is 1. The van der Waals surface area contributed by atoms with E-state index in [-0.39, 0.29) is 6.10 Å². The number of ether oxygens (including phenoxy) is 1. The van der Waals surface area contributed by atoms with E-state index in [9.17, 15) is 0 Å². The van der Waals surface area contributed by atoms with Crippen molar-refractivity contribution in [3.63, 3.8) is 0 Å². The highest BCUT2D eigenvalue weighted by Crippen LogP contribution is 2.47. The van der Waals surface area contributed by atoms with Crippen LogP contribution < -0.4 is 0 Å². The fraction of sp³-hybridized carbons (Fsp3) is 0.667. The molecule has 2 aliphatic rings. The molecule has 0 N–H and O–H groups in total. The highest BCUT2D eigenvalue weighted by atomic mass is 35.5. The van der Waals surface area contributed by atoms with Crippen molar-refractivity contribution >= 4 is 23.2 Å². The molecule has 0 spiro atoms. The fourth-order valence-corrected chi connectivity index (χ4v) is 4.54. The highest BCUT2D eigenvalue weighted by Gasteiger charge is 2.46. The summed E-state index contributed by atoms with van der Waals surface area (Å²) >= 11 is 12.3. The predicted molar refractivity (Wildman–Crippen MR) is 93.0 cm³/mol. The van der Waals surface area contributed by atoms with Crippen LogP contribution in [-0.2, 0) is 4.74 Å². The van der Waals surface area contributed by atoms with E-state index in [1.54, 1.807) is 0 Å². The first-order valence-corrected chi connectivity index (χ1v) is 9.01. The first kappa shape index (κ1) is 16.6. The van der Waals surface area contributed by atoms with E-state index in [0.29, 0.717) is 34.0 Å². The van der Waals surface area contributed by atoms with Crippen LogP contribution in [0.1, 0.15) is 44.6 Å². The summed E-state index contributed by atoms with van der Waals surface area (Å²) in [6, 6.07) is 7.45. The van der Waals surface area contributed by atoms with Gasteiger partial charge < -0.3 is 9.64 Å². The second-order valence-electron chi connectivity index (χ2n) is 7.03. The van der Waals surface area contributed by atoms with Crippen molar-refractivity contribution in [3.05, 3.63) is 33.8 Å². The van der Waals surface area contributed by atoms with Crippen molar-refractivity contribution in [2.24, 2.45) is 5.92 Å². The number of halogens is 2. The summed E-state index contributed by atoms with van der Waals surface area (Å²) in [5, 5.41) is 1.30. The van der Waals surface area contributed by atoms with Crippen LogP contribution in [0, 0.1) is 5.92 Å². The van der Waals surface area contributed by atoms with Crippen LogP contribution in [0.3, 0.4) is 0 Å². The van der Waals surface area contributed by atoms with Crippen molar-refractivity contribution in [1.29, 1.82) is 0 Å². The summed E-state index contributed by atoms with van der Waals surface area (Å²) in [5.74, 6) is 1.05. The fourth-order valence-electron chi connectivity index (χ4n) is 4.23. The van der Waals surface area contributed by atoms with Gasteiger partial charge in [0, 0.05) is 18.0 Å². The maximum atomic E-state index is 6.25. The van der Waals surface area contributed by atoms with Gasteiger partial charge in [-0.2, -0.15) is 0 Å². The third-order valence-electron chi connectivity index (χ3n) is 5.43. The van der Waals surface area contributed by atoms with E-state index in [1.165, 1.54) is 24.8 Å². The Morgan fingerprint density at radius 3 is 2.68 bits per heavy atom. The first-order chi connectivity index (χ1) is 10.5. The molecule has 0 amide bonds. The number of nitrogens with zero attached hydrogens (tertiary/aromatic N) is 1. The maximum absolute atomic E-state index is 6.25. The molecule has 2 fully saturated rings. The Morgan fingerprint density at radius 2 is 2.00 bits per heavy atom. The molecule has 1 aromatic carbocycles. The molecule has 4 atom stereocenters. The van der Waals surface area contributed by atoms with Crippen LogP contribution in [0.5, 0.6) is 0 Å². The Labute approximate surface area is 143 Å². The summed E-state index contributed by atoms with van der Waals surface area (Å²) < 4.78 is 6.00. The SMILES string of the molecule is CC(C)OC[C@H]1[C@H](c2ccc(Cl)c(Cl)c2)C[C@H]2CC[C@@H]1N2C. The van der Waals surface area contributed by atoms with Crippen molar-refractivity contribution in [2.45, 2.75) is 57.2 Å². The molecule has 2 saturated heterocycles. The molecule has 4 heteroatoms. The Balaban J connectivity index is 1.87. The molecule has 2 aliphatic heterocycles. The minimum absolute atomic E-state index is 0.277. The summed E-state index contributed by atoms with van der Waals surface area (Å²) in [6.45, 7) is 5.04. The molecule has 2 bridgehead atoms. The number of rotatable bonds is 4. The number of hydrogen-bond donors (Lipinski definition) is 0. The molecular weight excluding hydrogens is 317 g/mol. The molecule has 122 valence electrons. The Hall–Kier alpha value is -0.280. The van der Waals surface area contributed by atoms with Gasteiger partial charge in [0.15, 0.2) is 0 Å². The summed E-state index contributed by atoms with van der Waals surface area (Å²) in [5.41, 5.74) is 1.32. The average molecular weight is 342 g/mol. The molecule has 0 aromatic heterocycles. The molecule has 0 radical (unpaired) electrons. The zero-order valence-corrected chi connectivity index (χ0v) is 15.1. The van der Waals surface area contributed by atoms with Crippen LogP contribution in [0.2, 0.25) is 10.0 Å². The normalized spacial score (nSPS) is 31.9. The second kappa shape index (κ2) is 6.68. The third kappa shape index (κ3) is 3.17. The minimum atomic E-state index is 0.277. The van der Waals surface area contributed by atoms with Crippen molar-refractivity contribution < 1.29 is 4.74 Å². The zero-order chi connectivity index (χ0) is 15.9. The van der Waals surface area contributed by atoms with Gasteiger partial charge in [0.05, 0.1) is 22.8 Å². The molecule has 0 unspecified atom stereocenters. The predicted octanol–water partition coefficient (Wildman–Crippen LogP) is 4.98. The van der Waals surface area contributed by atoms with Crippen LogP contribution >= 0.6 is 23.2 Å². The molecule has 1 aromatic rings. The lowest BCUT2D eigenvalue weighted by Gasteiger charge is -2.43. The van der Waals surface area contributed by atoms with Crippen molar-refractivity contribution in [1.82, 2.24) is 4.90 Å². The van der Waals surface area contributed by atoms with Crippen molar-refractivity contribution in [3.8, 4) is 0 Å². The van der Waals surface area contributed by atoms with Crippen LogP contribution in [0.15, 0.2) is 18.2 Å². The van der Waals surface area contributed by atoms with Gasteiger partial charge in [0.2, 0.25) is 0 Å². The van der Waals surface area contributed by atoms with E-state index >= 15 is 0 Å². The topological polar surface area (TPSA) is 12.5 Å². The smallest absolute Gasteiger partial charge is 0.0595 e. The van der Waals surface area contributed by atoms with Crippen LogP contribution in [0.25, 0.3) is 0 Å². The lowest BCUT2D eigenvalue weighted by molar-refractivity contribution is -0.00336. The largest absolute Gasteiger partial charge is 0.378 e. The molecular formula is C18H25Cl2NO. The van der Waals surface area contributed by atoms with Crippen LogP contribution in [0.4, 0.5) is 0 Å². The number of fused-ring (bicyclic) bond motifs is 2. The van der Waals surface area contributed by atoms with E-state index < -0.39 is 0 Å². The van der Waals surface area contributed by atoms with E-state index in [0.717, 1.165) is 6.61 Å². The molecule has 2 nitrogen and oxygen atoms in total. The second-order valence-corrected chi connectivity index (χ2v) is 7.84. The van der Waals surface area contributed by atoms with Gasteiger partial charge in [-0.3, -0.25) is 0 Å². The molecule has 2 heterocycles. The summed E-state index contributed by atoms with van der Waals surface area (Å²) in [6.07, 6.45) is 4.05. The van der Waals surface area contributed by atoms with E-state index in [1.807, 2.05) is 6.07 Å². The summed E-state index contributed by atoms with van der Waals surface area (Å²) in [4.78, 5) is 2.57. The molecule has 22 heavy (non-hydrogen) atoms. The Bertz CT molecular complexity index is 534. The van der Waals surface area contributed by atoms with E-state index in [4.69, 9.17) is 27.9 Å². The van der Waals surface area contributed by atoms with Crippen LogP contribution in [-0.4, -0.2) is 36.7 Å². The van der Waals surface area contributed by atoms with E-state index in [2.05, 4.69) is 37.9 Å². The standard InChI is InChI=1S/C18H25Cl2NO/c1-11(2)22-10-15-14(9-13-5-7-18(15)21(13)3)12-4-6-16(19)17(20)8-12/h4,6,8,11,13-15,18H,5,7,9-10H2,1-3H3/t13-,14+,15+,18+/m1/s1. The summed E-state index contributed by atoms with van der Waals surface area (Å²) in [7, 11) is 2.27. The Kier molecular flexibility index (Phi) is 5.04. The molecule has 3 rings (SSSR count). The van der Waals surface area contributed by atoms with Gasteiger partial charge in [-0.25, -0.2) is 0 Å². The number of hydrogen-bond acceptors (Lipinski definition) is 2. The minimum Gasteiger partial charge on any atom is -0.378 e. The lowest BCUT2D eigenvalue weighted by Crippen LogP contribution is -2.47. The van der Waals surface area contributed by atoms with Gasteiger partial charge in [0.1, 0.15) is 0 Å². The molecule has 0 aliphatic carbocycles. The van der Waals surface area contributed by atoms with Crippen molar-refractivity contribution in [2.75, 3.05) is 13.7 Å². The third-order valence-corrected chi connectivity index (χ3v) is 6.16. The monoisotopic (exact) mass is 341 g/mol. The zero-order valence-electron chi connectivity index (χ0n) is 13.6. The highest BCUT2D eigenvalue weighted by molar-refractivity contribution is 6.42. The Morgan fingerprint density at radius 1 is 1.23 bits per heavy atom. The maximum Gasteiger partial charge on any atom is 0.0595 e.